The lowest BCUT2D eigenvalue weighted by atomic mass is 9.83. The lowest BCUT2D eigenvalue weighted by Gasteiger charge is -2.23. The maximum Gasteiger partial charge on any atom is 0.248 e. The third kappa shape index (κ3) is 4.23. The topological polar surface area (TPSA) is 85.6 Å². The molecule has 1 amide bonds. The number of benzene rings is 1. The Morgan fingerprint density at radius 3 is 2.57 bits per heavy atom. The highest BCUT2D eigenvalue weighted by atomic mass is 32.1. The highest BCUT2D eigenvalue weighted by Crippen LogP contribution is 2.46. The first-order valence-corrected chi connectivity index (χ1v) is 10.5. The summed E-state index contributed by atoms with van der Waals surface area (Å²) >= 11 is 1.38. The van der Waals surface area contributed by atoms with Crippen molar-refractivity contribution in [3.05, 3.63) is 40.4 Å². The van der Waals surface area contributed by atoms with E-state index in [9.17, 15) is 13.6 Å². The largest absolute Gasteiger partial charge is 0.301 e. The molecule has 1 N–H and O–H groups in total. The fourth-order valence-electron chi connectivity index (χ4n) is 3.85. The summed E-state index contributed by atoms with van der Waals surface area (Å²) in [6, 6.07) is 7.14. The monoisotopic (exact) mass is 432 g/mol. The summed E-state index contributed by atoms with van der Waals surface area (Å²) in [4.78, 5) is 19.9. The minimum absolute atomic E-state index is 0.196. The molecule has 158 valence electrons. The zero-order valence-corrected chi connectivity index (χ0v) is 17.7. The predicted molar refractivity (Wildman–Crippen MR) is 109 cm³/mol. The summed E-state index contributed by atoms with van der Waals surface area (Å²) in [5, 5.41) is 15.3. The Balaban J connectivity index is 1.62. The Morgan fingerprint density at radius 2 is 2.03 bits per heavy atom. The number of alkyl halides is 2. The standard InChI is InChI=1S/C20H22F2N6OS/c1-11-12(2)30-19(23-11)24-18(29)16(15-8-9-20(21,22)10-15)13-4-6-14(7-5-13)17-25-27-28(3)26-17/h4-7,15-16H,8-10H2,1-3H3,(H,23,24,29)/t15-,16+/m0/s1. The number of rotatable bonds is 5. The fourth-order valence-corrected chi connectivity index (χ4v) is 4.67. The predicted octanol–water partition coefficient (Wildman–Crippen LogP) is 4.11. The first-order valence-electron chi connectivity index (χ1n) is 9.69. The average Bonchev–Trinajstić information content (AvgIpc) is 3.35. The van der Waals surface area contributed by atoms with Gasteiger partial charge in [0.2, 0.25) is 17.7 Å². The molecule has 1 aliphatic rings. The van der Waals surface area contributed by atoms with Gasteiger partial charge in [0.1, 0.15) is 0 Å². The number of hydrogen-bond acceptors (Lipinski definition) is 6. The first kappa shape index (κ1) is 20.5. The van der Waals surface area contributed by atoms with Crippen LogP contribution in [-0.4, -0.2) is 37.0 Å². The van der Waals surface area contributed by atoms with Gasteiger partial charge in [0.05, 0.1) is 18.7 Å². The molecule has 0 bridgehead atoms. The van der Waals surface area contributed by atoms with Gasteiger partial charge in [0.25, 0.3) is 0 Å². The lowest BCUT2D eigenvalue weighted by Crippen LogP contribution is -2.27. The molecule has 2 heterocycles. The number of aromatic nitrogens is 5. The molecular weight excluding hydrogens is 410 g/mol. The molecule has 10 heteroatoms. The average molecular weight is 433 g/mol. The van der Waals surface area contributed by atoms with Gasteiger partial charge < -0.3 is 5.32 Å². The molecule has 0 aliphatic heterocycles. The molecule has 2 atom stereocenters. The van der Waals surface area contributed by atoms with E-state index in [2.05, 4.69) is 25.7 Å². The van der Waals surface area contributed by atoms with Crippen molar-refractivity contribution >= 4 is 22.4 Å². The summed E-state index contributed by atoms with van der Waals surface area (Å²) in [5.41, 5.74) is 2.28. The lowest BCUT2D eigenvalue weighted by molar-refractivity contribution is -0.118. The van der Waals surface area contributed by atoms with Crippen LogP contribution in [0.3, 0.4) is 0 Å². The van der Waals surface area contributed by atoms with E-state index in [1.54, 1.807) is 31.3 Å². The Morgan fingerprint density at radius 1 is 1.30 bits per heavy atom. The highest BCUT2D eigenvalue weighted by molar-refractivity contribution is 7.15. The van der Waals surface area contributed by atoms with E-state index in [1.165, 1.54) is 16.1 Å². The molecule has 0 radical (unpaired) electrons. The smallest absolute Gasteiger partial charge is 0.248 e. The quantitative estimate of drug-likeness (QED) is 0.656. The summed E-state index contributed by atoms with van der Waals surface area (Å²) in [7, 11) is 1.67. The maximum absolute atomic E-state index is 13.9. The minimum atomic E-state index is -2.74. The van der Waals surface area contributed by atoms with Crippen LogP contribution >= 0.6 is 11.3 Å². The maximum atomic E-state index is 13.9. The van der Waals surface area contributed by atoms with Crippen LogP contribution in [0.1, 0.15) is 41.3 Å². The molecule has 30 heavy (non-hydrogen) atoms. The summed E-state index contributed by atoms with van der Waals surface area (Å²) in [6.07, 6.45) is -0.193. The van der Waals surface area contributed by atoms with Crippen molar-refractivity contribution in [2.24, 2.45) is 13.0 Å². The van der Waals surface area contributed by atoms with Gasteiger partial charge in [0, 0.05) is 23.3 Å². The zero-order chi connectivity index (χ0) is 21.5. The van der Waals surface area contributed by atoms with Crippen molar-refractivity contribution in [2.75, 3.05) is 5.32 Å². The molecule has 1 aliphatic carbocycles. The first-order chi connectivity index (χ1) is 14.2. The number of aryl methyl sites for hydroxylation is 3. The van der Waals surface area contributed by atoms with Gasteiger partial charge in [-0.3, -0.25) is 4.79 Å². The van der Waals surface area contributed by atoms with E-state index < -0.39 is 17.8 Å². The van der Waals surface area contributed by atoms with E-state index in [0.29, 0.717) is 22.9 Å². The summed E-state index contributed by atoms with van der Waals surface area (Å²) in [5.74, 6) is -3.71. The third-order valence-electron chi connectivity index (χ3n) is 5.49. The van der Waals surface area contributed by atoms with Gasteiger partial charge in [-0.05, 0) is 37.0 Å². The van der Waals surface area contributed by atoms with Crippen LogP contribution in [0.25, 0.3) is 11.4 Å². The number of anilines is 1. The number of nitrogens with one attached hydrogen (secondary N) is 1. The number of carbonyl (C=O) groups excluding carboxylic acids is 1. The molecular formula is C20H22F2N6OS. The number of halogens is 2. The third-order valence-corrected chi connectivity index (χ3v) is 6.48. The van der Waals surface area contributed by atoms with Crippen molar-refractivity contribution in [1.82, 2.24) is 25.2 Å². The van der Waals surface area contributed by atoms with E-state index in [4.69, 9.17) is 0 Å². The molecule has 1 saturated carbocycles. The number of nitrogens with zero attached hydrogens (tertiary/aromatic N) is 5. The van der Waals surface area contributed by atoms with Crippen LogP contribution in [0, 0.1) is 19.8 Å². The van der Waals surface area contributed by atoms with Gasteiger partial charge in [-0.1, -0.05) is 24.3 Å². The second kappa shape index (κ2) is 7.82. The van der Waals surface area contributed by atoms with Crippen LogP contribution in [0.2, 0.25) is 0 Å². The molecule has 1 aromatic carbocycles. The minimum Gasteiger partial charge on any atom is -0.301 e. The van der Waals surface area contributed by atoms with Gasteiger partial charge in [-0.25, -0.2) is 13.8 Å². The normalized spacial score (nSPS) is 19.0. The Labute approximate surface area is 176 Å². The van der Waals surface area contributed by atoms with Gasteiger partial charge >= 0.3 is 0 Å². The van der Waals surface area contributed by atoms with Crippen molar-refractivity contribution in [3.8, 4) is 11.4 Å². The van der Waals surface area contributed by atoms with Crippen LogP contribution in [-0.2, 0) is 11.8 Å². The van der Waals surface area contributed by atoms with E-state index >= 15 is 0 Å². The molecule has 1 fully saturated rings. The molecule has 0 unspecified atom stereocenters. The molecule has 0 spiro atoms. The SMILES string of the molecule is Cc1nc(NC(=O)[C@H](c2ccc(-c3nnn(C)n3)cc2)[C@H]2CCC(F)(F)C2)sc1C. The zero-order valence-electron chi connectivity index (χ0n) is 16.9. The van der Waals surface area contributed by atoms with E-state index in [0.717, 1.165) is 16.1 Å². The van der Waals surface area contributed by atoms with E-state index in [-0.39, 0.29) is 18.7 Å². The number of tetrazole rings is 1. The van der Waals surface area contributed by atoms with Gasteiger partial charge in [0.15, 0.2) is 5.13 Å². The summed E-state index contributed by atoms with van der Waals surface area (Å²) in [6.45, 7) is 3.80. The van der Waals surface area contributed by atoms with Crippen molar-refractivity contribution < 1.29 is 13.6 Å². The molecule has 4 rings (SSSR count). The Hall–Kier alpha value is -2.75. The Kier molecular flexibility index (Phi) is 5.35. The van der Waals surface area contributed by atoms with Crippen LogP contribution in [0.15, 0.2) is 24.3 Å². The van der Waals surface area contributed by atoms with Crippen molar-refractivity contribution in [3.63, 3.8) is 0 Å². The van der Waals surface area contributed by atoms with Crippen LogP contribution in [0.5, 0.6) is 0 Å². The fraction of sp³-hybridized carbons (Fsp3) is 0.450. The Bertz CT molecular complexity index is 1040. The molecule has 7 nitrogen and oxygen atoms in total. The van der Waals surface area contributed by atoms with Crippen molar-refractivity contribution in [2.45, 2.75) is 45.0 Å². The van der Waals surface area contributed by atoms with Gasteiger partial charge in [-0.2, -0.15) is 4.80 Å². The second-order valence-corrected chi connectivity index (χ2v) is 8.91. The highest BCUT2D eigenvalue weighted by Gasteiger charge is 2.45. The number of hydrogen-bond donors (Lipinski definition) is 1. The van der Waals surface area contributed by atoms with Crippen molar-refractivity contribution in [1.29, 1.82) is 0 Å². The number of amides is 1. The van der Waals surface area contributed by atoms with E-state index in [1.807, 2.05) is 13.8 Å². The van der Waals surface area contributed by atoms with Crippen LogP contribution < -0.4 is 5.32 Å². The molecule has 2 aromatic heterocycles. The second-order valence-electron chi connectivity index (χ2n) is 7.71. The number of carbonyl (C=O) groups is 1. The number of thiazole rings is 1. The van der Waals surface area contributed by atoms with Gasteiger partial charge in [-0.15, -0.1) is 21.5 Å². The van der Waals surface area contributed by atoms with Crippen LogP contribution in [0.4, 0.5) is 13.9 Å². The summed E-state index contributed by atoms with van der Waals surface area (Å²) < 4.78 is 27.9. The molecule has 3 aromatic rings. The molecule has 0 saturated heterocycles.